The third kappa shape index (κ3) is 4.79. The summed E-state index contributed by atoms with van der Waals surface area (Å²) >= 11 is 0. The molecule has 1 saturated carbocycles. The number of amides is 2. The fourth-order valence-corrected chi connectivity index (χ4v) is 2.20. The third-order valence-corrected chi connectivity index (χ3v) is 3.68. The Hall–Kier alpha value is -1.98. The molecule has 120 valence electrons. The predicted octanol–water partition coefficient (Wildman–Crippen LogP) is 1.70. The normalized spacial score (nSPS) is 13.7. The number of hydrogen-bond donors (Lipinski definition) is 1. The van der Waals surface area contributed by atoms with Crippen LogP contribution in [0.25, 0.3) is 0 Å². The molecule has 0 aromatic carbocycles. The summed E-state index contributed by atoms with van der Waals surface area (Å²) in [7, 11) is 0. The molecule has 0 saturated heterocycles. The Morgan fingerprint density at radius 1 is 1.32 bits per heavy atom. The molecule has 1 fully saturated rings. The summed E-state index contributed by atoms with van der Waals surface area (Å²) in [6.07, 6.45) is 7.48. The Morgan fingerprint density at radius 3 is 2.68 bits per heavy atom. The lowest BCUT2D eigenvalue weighted by Gasteiger charge is -2.21. The molecule has 0 aliphatic heterocycles. The maximum absolute atomic E-state index is 12.5. The van der Waals surface area contributed by atoms with Gasteiger partial charge in [-0.25, -0.2) is 4.98 Å². The Labute approximate surface area is 131 Å². The minimum atomic E-state index is -0.128. The van der Waals surface area contributed by atoms with Gasteiger partial charge in [-0.2, -0.15) is 0 Å². The lowest BCUT2D eigenvalue weighted by molar-refractivity contribution is -0.121. The number of aromatic nitrogens is 2. The summed E-state index contributed by atoms with van der Waals surface area (Å²) in [6.45, 7) is 5.07. The highest BCUT2D eigenvalue weighted by molar-refractivity contribution is 5.92. The Bertz CT molecular complexity index is 511. The van der Waals surface area contributed by atoms with Crippen LogP contribution in [-0.4, -0.2) is 45.8 Å². The van der Waals surface area contributed by atoms with E-state index in [2.05, 4.69) is 22.2 Å². The first-order chi connectivity index (χ1) is 10.6. The van der Waals surface area contributed by atoms with Crippen molar-refractivity contribution < 1.29 is 9.59 Å². The Balaban J connectivity index is 1.88. The van der Waals surface area contributed by atoms with E-state index in [-0.39, 0.29) is 17.9 Å². The van der Waals surface area contributed by atoms with Crippen molar-refractivity contribution in [2.45, 2.75) is 52.0 Å². The van der Waals surface area contributed by atoms with Crippen LogP contribution >= 0.6 is 0 Å². The topological polar surface area (TPSA) is 75.2 Å². The van der Waals surface area contributed by atoms with E-state index in [1.807, 2.05) is 6.92 Å². The van der Waals surface area contributed by atoms with Crippen LogP contribution in [0.15, 0.2) is 12.4 Å². The summed E-state index contributed by atoms with van der Waals surface area (Å²) < 4.78 is 0. The van der Waals surface area contributed by atoms with Gasteiger partial charge in [-0.3, -0.25) is 14.6 Å². The molecular formula is C16H24N4O2. The van der Waals surface area contributed by atoms with Gasteiger partial charge in [-0.1, -0.05) is 13.3 Å². The fourth-order valence-electron chi connectivity index (χ4n) is 2.20. The summed E-state index contributed by atoms with van der Waals surface area (Å²) in [5.74, 6) is -0.127. The molecule has 2 rings (SSSR count). The van der Waals surface area contributed by atoms with Crippen molar-refractivity contribution in [3.63, 3.8) is 0 Å². The van der Waals surface area contributed by atoms with E-state index in [0.29, 0.717) is 25.2 Å². The number of carbonyl (C=O) groups excluding carboxylic acids is 2. The van der Waals surface area contributed by atoms with Crippen molar-refractivity contribution in [1.82, 2.24) is 20.2 Å². The standard InChI is InChI=1S/C16H24N4O2/c1-3-4-8-17-15(21)7-9-20(13-5-6-13)16(22)14-11-18-12(2)10-19-14/h10-11,13H,3-9H2,1-2H3,(H,17,21). The van der Waals surface area contributed by atoms with Gasteiger partial charge >= 0.3 is 0 Å². The minimum absolute atomic E-state index is 0.00175. The van der Waals surface area contributed by atoms with Crippen LogP contribution in [0.5, 0.6) is 0 Å². The number of nitrogens with one attached hydrogen (secondary N) is 1. The summed E-state index contributed by atoms with van der Waals surface area (Å²) in [5, 5.41) is 2.88. The SMILES string of the molecule is CCCCNC(=O)CCN(C(=O)c1cnc(C)cn1)C1CC1. The Kier molecular flexibility index (Phi) is 5.86. The van der Waals surface area contributed by atoms with Crippen molar-refractivity contribution in [3.8, 4) is 0 Å². The van der Waals surface area contributed by atoms with E-state index in [1.165, 1.54) is 6.20 Å². The van der Waals surface area contributed by atoms with Crippen LogP contribution in [-0.2, 0) is 4.79 Å². The first-order valence-electron chi connectivity index (χ1n) is 7.98. The maximum Gasteiger partial charge on any atom is 0.274 e. The highest BCUT2D eigenvalue weighted by Gasteiger charge is 2.33. The van der Waals surface area contributed by atoms with Gasteiger partial charge in [0.15, 0.2) is 0 Å². The summed E-state index contributed by atoms with van der Waals surface area (Å²) in [5.41, 5.74) is 1.13. The van der Waals surface area contributed by atoms with E-state index < -0.39 is 0 Å². The fraction of sp³-hybridized carbons (Fsp3) is 0.625. The molecule has 6 heteroatoms. The minimum Gasteiger partial charge on any atom is -0.356 e. The molecule has 0 spiro atoms. The molecular weight excluding hydrogens is 280 g/mol. The zero-order valence-electron chi connectivity index (χ0n) is 13.3. The van der Waals surface area contributed by atoms with Crippen LogP contribution in [0.2, 0.25) is 0 Å². The van der Waals surface area contributed by atoms with Gasteiger partial charge in [0.05, 0.1) is 11.9 Å². The number of rotatable bonds is 8. The molecule has 22 heavy (non-hydrogen) atoms. The van der Waals surface area contributed by atoms with Crippen molar-refractivity contribution >= 4 is 11.8 Å². The van der Waals surface area contributed by atoms with Gasteiger partial charge in [0, 0.05) is 31.7 Å². The average Bonchev–Trinajstić information content (AvgIpc) is 3.33. The highest BCUT2D eigenvalue weighted by Crippen LogP contribution is 2.28. The second-order valence-electron chi connectivity index (χ2n) is 5.73. The van der Waals surface area contributed by atoms with Crippen LogP contribution in [0, 0.1) is 6.92 Å². The Morgan fingerprint density at radius 2 is 2.09 bits per heavy atom. The molecule has 1 N–H and O–H groups in total. The second-order valence-corrected chi connectivity index (χ2v) is 5.73. The van der Waals surface area contributed by atoms with Crippen molar-refractivity contribution in [2.75, 3.05) is 13.1 Å². The molecule has 6 nitrogen and oxygen atoms in total. The monoisotopic (exact) mass is 304 g/mol. The van der Waals surface area contributed by atoms with Crippen molar-refractivity contribution in [1.29, 1.82) is 0 Å². The molecule has 2 amide bonds. The lowest BCUT2D eigenvalue weighted by atomic mass is 10.3. The van der Waals surface area contributed by atoms with Gasteiger partial charge in [0.2, 0.25) is 5.91 Å². The molecule has 1 aliphatic rings. The predicted molar refractivity (Wildman–Crippen MR) is 83.4 cm³/mol. The number of carbonyl (C=O) groups is 2. The van der Waals surface area contributed by atoms with Crippen LogP contribution in [0.1, 0.15) is 55.2 Å². The van der Waals surface area contributed by atoms with Crippen LogP contribution in [0.4, 0.5) is 0 Å². The second kappa shape index (κ2) is 7.87. The molecule has 1 aliphatic carbocycles. The van der Waals surface area contributed by atoms with E-state index in [1.54, 1.807) is 11.1 Å². The zero-order valence-corrected chi connectivity index (χ0v) is 13.3. The van der Waals surface area contributed by atoms with Gasteiger partial charge in [0.25, 0.3) is 5.91 Å². The van der Waals surface area contributed by atoms with Crippen molar-refractivity contribution in [2.24, 2.45) is 0 Å². The third-order valence-electron chi connectivity index (χ3n) is 3.68. The van der Waals surface area contributed by atoms with E-state index in [9.17, 15) is 9.59 Å². The van der Waals surface area contributed by atoms with Crippen LogP contribution < -0.4 is 5.32 Å². The van der Waals surface area contributed by atoms with Gasteiger partial charge < -0.3 is 10.2 Å². The first kappa shape index (κ1) is 16.4. The zero-order chi connectivity index (χ0) is 15.9. The molecule has 1 aromatic rings. The molecule has 1 aromatic heterocycles. The highest BCUT2D eigenvalue weighted by atomic mass is 16.2. The largest absolute Gasteiger partial charge is 0.356 e. The summed E-state index contributed by atoms with van der Waals surface area (Å²) in [4.78, 5) is 34.3. The van der Waals surface area contributed by atoms with E-state index >= 15 is 0 Å². The smallest absolute Gasteiger partial charge is 0.274 e. The number of aryl methyl sites for hydroxylation is 1. The van der Waals surface area contributed by atoms with Gasteiger partial charge in [-0.15, -0.1) is 0 Å². The van der Waals surface area contributed by atoms with E-state index in [4.69, 9.17) is 0 Å². The molecule has 0 atom stereocenters. The van der Waals surface area contributed by atoms with Crippen molar-refractivity contribution in [3.05, 3.63) is 23.8 Å². The average molecular weight is 304 g/mol. The molecule has 1 heterocycles. The first-order valence-corrected chi connectivity index (χ1v) is 7.98. The molecule has 0 radical (unpaired) electrons. The lowest BCUT2D eigenvalue weighted by Crippen LogP contribution is -2.37. The molecule has 0 unspecified atom stereocenters. The maximum atomic E-state index is 12.5. The van der Waals surface area contributed by atoms with Crippen LogP contribution in [0.3, 0.4) is 0 Å². The number of unbranched alkanes of at least 4 members (excludes halogenated alkanes) is 1. The van der Waals surface area contributed by atoms with Gasteiger partial charge in [0.1, 0.15) is 5.69 Å². The quantitative estimate of drug-likeness (QED) is 0.742. The number of hydrogen-bond acceptors (Lipinski definition) is 4. The summed E-state index contributed by atoms with van der Waals surface area (Å²) in [6, 6.07) is 0.249. The van der Waals surface area contributed by atoms with Gasteiger partial charge in [-0.05, 0) is 26.2 Å². The molecule has 0 bridgehead atoms. The van der Waals surface area contributed by atoms with E-state index in [0.717, 1.165) is 31.4 Å². The number of nitrogens with zero attached hydrogens (tertiary/aromatic N) is 3.